The van der Waals surface area contributed by atoms with Gasteiger partial charge in [-0.3, -0.25) is 10.1 Å². The van der Waals surface area contributed by atoms with Crippen LogP contribution in [0.3, 0.4) is 0 Å². The van der Waals surface area contributed by atoms with E-state index in [4.69, 9.17) is 0 Å². The number of thioether (sulfide) groups is 1. The normalized spacial score (nSPS) is 14.9. The fourth-order valence-corrected chi connectivity index (χ4v) is 5.25. The first-order valence-corrected chi connectivity index (χ1v) is 11.6. The monoisotopic (exact) mass is 421 g/mol. The maximum atomic E-state index is 12.7. The van der Waals surface area contributed by atoms with Crippen molar-refractivity contribution in [3.05, 3.63) is 58.1 Å². The lowest BCUT2D eigenvalue weighted by atomic mass is 10.2. The minimum atomic E-state index is -3.70. The zero-order chi connectivity index (χ0) is 20.3. The zero-order valence-corrected chi connectivity index (χ0v) is 17.5. The Morgan fingerprint density at radius 2 is 1.79 bits per heavy atom. The first-order chi connectivity index (χ1) is 13.3. The van der Waals surface area contributed by atoms with E-state index < -0.39 is 14.9 Å². The molecule has 0 N–H and O–H groups in total. The van der Waals surface area contributed by atoms with Gasteiger partial charge in [0.05, 0.1) is 9.82 Å². The number of rotatable bonds is 7. The summed E-state index contributed by atoms with van der Waals surface area (Å²) in [6, 6.07) is 12.2. The van der Waals surface area contributed by atoms with Crippen LogP contribution in [0.2, 0.25) is 0 Å². The van der Waals surface area contributed by atoms with Gasteiger partial charge in [-0.2, -0.15) is 4.31 Å². The molecule has 9 heteroatoms. The van der Waals surface area contributed by atoms with Crippen LogP contribution < -0.4 is 4.90 Å². The van der Waals surface area contributed by atoms with Crippen LogP contribution in [-0.4, -0.2) is 44.0 Å². The van der Waals surface area contributed by atoms with Crippen molar-refractivity contribution in [2.24, 2.45) is 0 Å². The molecule has 0 bridgehead atoms. The van der Waals surface area contributed by atoms with Crippen molar-refractivity contribution in [3.8, 4) is 0 Å². The van der Waals surface area contributed by atoms with Crippen molar-refractivity contribution in [3.63, 3.8) is 0 Å². The molecule has 0 unspecified atom stereocenters. The zero-order valence-electron chi connectivity index (χ0n) is 15.9. The van der Waals surface area contributed by atoms with Gasteiger partial charge >= 0.3 is 0 Å². The molecular weight excluding hydrogens is 398 g/mol. The van der Waals surface area contributed by atoms with Crippen molar-refractivity contribution < 1.29 is 13.3 Å². The number of benzene rings is 2. The smallest absolute Gasteiger partial charge is 0.293 e. The molecule has 1 fully saturated rings. The van der Waals surface area contributed by atoms with Crippen molar-refractivity contribution >= 4 is 33.2 Å². The highest BCUT2D eigenvalue weighted by atomic mass is 32.2. The third-order valence-corrected chi connectivity index (χ3v) is 7.47. The molecule has 3 rings (SSSR count). The van der Waals surface area contributed by atoms with Gasteiger partial charge in [0.1, 0.15) is 5.69 Å². The highest BCUT2D eigenvalue weighted by Gasteiger charge is 2.30. The lowest BCUT2D eigenvalue weighted by Crippen LogP contribution is -2.28. The highest BCUT2D eigenvalue weighted by Crippen LogP contribution is 2.33. The Morgan fingerprint density at radius 1 is 1.14 bits per heavy atom. The van der Waals surface area contributed by atoms with Crippen LogP contribution in [0.4, 0.5) is 11.4 Å². The number of sulfonamides is 1. The average molecular weight is 422 g/mol. The number of hydrogen-bond acceptors (Lipinski definition) is 6. The summed E-state index contributed by atoms with van der Waals surface area (Å²) in [6.07, 6.45) is 3.64. The molecule has 150 valence electrons. The molecule has 1 aliphatic heterocycles. The van der Waals surface area contributed by atoms with Gasteiger partial charge in [-0.1, -0.05) is 12.1 Å². The Morgan fingerprint density at radius 3 is 2.36 bits per heavy atom. The van der Waals surface area contributed by atoms with Crippen molar-refractivity contribution in [1.29, 1.82) is 0 Å². The van der Waals surface area contributed by atoms with Crippen LogP contribution in [0, 0.1) is 10.1 Å². The predicted octanol–water partition coefficient (Wildman–Crippen LogP) is 3.74. The second-order valence-corrected chi connectivity index (χ2v) is 9.54. The van der Waals surface area contributed by atoms with E-state index in [1.165, 1.54) is 22.5 Å². The average Bonchev–Trinajstić information content (AvgIpc) is 3.23. The maximum absolute atomic E-state index is 12.7. The summed E-state index contributed by atoms with van der Waals surface area (Å²) < 4.78 is 26.9. The molecule has 1 aliphatic rings. The number of nitro benzene ring substituents is 1. The van der Waals surface area contributed by atoms with E-state index in [2.05, 4.69) is 0 Å². The van der Waals surface area contributed by atoms with Crippen LogP contribution in [0.25, 0.3) is 0 Å². The van der Waals surface area contributed by atoms with E-state index >= 15 is 0 Å². The number of nitro groups is 1. The molecule has 0 aliphatic carbocycles. The fourth-order valence-electron chi connectivity index (χ4n) is 3.30. The second-order valence-electron chi connectivity index (χ2n) is 6.72. The Kier molecular flexibility index (Phi) is 6.26. The molecule has 28 heavy (non-hydrogen) atoms. The van der Waals surface area contributed by atoms with Gasteiger partial charge in [0.15, 0.2) is 0 Å². The van der Waals surface area contributed by atoms with Gasteiger partial charge in [0.25, 0.3) is 5.69 Å². The summed E-state index contributed by atoms with van der Waals surface area (Å²) in [5.41, 5.74) is 1.20. The second kappa shape index (κ2) is 8.50. The molecule has 2 aromatic rings. The number of hydrogen-bond donors (Lipinski definition) is 0. The summed E-state index contributed by atoms with van der Waals surface area (Å²) in [4.78, 5) is 14.0. The molecule has 0 radical (unpaired) electrons. The number of nitrogens with zero attached hydrogens (tertiary/aromatic N) is 3. The van der Waals surface area contributed by atoms with Gasteiger partial charge in [0.2, 0.25) is 10.0 Å². The van der Waals surface area contributed by atoms with E-state index in [1.54, 1.807) is 23.7 Å². The van der Waals surface area contributed by atoms with Crippen molar-refractivity contribution in [2.75, 3.05) is 31.3 Å². The molecule has 0 aromatic heterocycles. The van der Waals surface area contributed by atoms with Crippen LogP contribution >= 0.6 is 11.8 Å². The van der Waals surface area contributed by atoms with E-state index in [0.717, 1.165) is 23.3 Å². The Bertz CT molecular complexity index is 956. The van der Waals surface area contributed by atoms with Gasteiger partial charge in [-0.15, -0.1) is 11.8 Å². The topological polar surface area (TPSA) is 83.8 Å². The quantitative estimate of drug-likeness (QED) is 0.385. The SMILES string of the molecule is CSc1ccc(CN(C)c2ccc(S(=O)(=O)N3CCCC3)cc2[N+](=O)[O-])cc1. The lowest BCUT2D eigenvalue weighted by molar-refractivity contribution is -0.384. The molecule has 1 saturated heterocycles. The Balaban J connectivity index is 1.89. The van der Waals surface area contributed by atoms with Crippen molar-refractivity contribution in [1.82, 2.24) is 4.31 Å². The summed E-state index contributed by atoms with van der Waals surface area (Å²) in [7, 11) is -1.93. The van der Waals surface area contributed by atoms with Gasteiger partial charge in [0, 0.05) is 37.6 Å². The minimum absolute atomic E-state index is 0.0254. The van der Waals surface area contributed by atoms with Gasteiger partial charge < -0.3 is 4.90 Å². The molecule has 0 saturated carbocycles. The van der Waals surface area contributed by atoms with Crippen molar-refractivity contribution in [2.45, 2.75) is 29.2 Å². The molecular formula is C19H23N3O4S2. The maximum Gasteiger partial charge on any atom is 0.293 e. The molecule has 0 amide bonds. The Labute approximate surface area is 169 Å². The first kappa shape index (κ1) is 20.6. The minimum Gasteiger partial charge on any atom is -0.365 e. The van der Waals surface area contributed by atoms with Crippen LogP contribution in [0.15, 0.2) is 52.3 Å². The molecule has 2 aromatic carbocycles. The summed E-state index contributed by atoms with van der Waals surface area (Å²) >= 11 is 1.65. The molecule has 1 heterocycles. The lowest BCUT2D eigenvalue weighted by Gasteiger charge is -2.21. The Hall–Kier alpha value is -2.10. The van der Waals surface area contributed by atoms with Crippen LogP contribution in [0.5, 0.6) is 0 Å². The van der Waals surface area contributed by atoms with E-state index in [1.807, 2.05) is 30.5 Å². The third-order valence-electron chi connectivity index (χ3n) is 4.84. The van der Waals surface area contributed by atoms with Crippen LogP contribution in [-0.2, 0) is 16.6 Å². The van der Waals surface area contributed by atoms with Gasteiger partial charge in [-0.05, 0) is 48.9 Å². The summed E-state index contributed by atoms with van der Waals surface area (Å²) in [5, 5.41) is 11.6. The largest absolute Gasteiger partial charge is 0.365 e. The third kappa shape index (κ3) is 4.31. The van der Waals surface area contributed by atoms with E-state index in [-0.39, 0.29) is 10.6 Å². The number of anilines is 1. The van der Waals surface area contributed by atoms with Crippen LogP contribution in [0.1, 0.15) is 18.4 Å². The standard InChI is InChI=1S/C19H23N3O4S2/c1-20(14-15-5-7-16(27-2)8-6-15)18-10-9-17(13-19(18)22(23)24)28(25,26)21-11-3-4-12-21/h5-10,13H,3-4,11-12,14H2,1-2H3. The summed E-state index contributed by atoms with van der Waals surface area (Å²) in [6.45, 7) is 1.40. The predicted molar refractivity (Wildman–Crippen MR) is 111 cm³/mol. The molecule has 0 spiro atoms. The first-order valence-electron chi connectivity index (χ1n) is 8.95. The molecule has 0 atom stereocenters. The van der Waals surface area contributed by atoms with Gasteiger partial charge in [-0.25, -0.2) is 8.42 Å². The fraction of sp³-hybridized carbons (Fsp3) is 0.368. The molecule has 7 nitrogen and oxygen atoms in total. The highest BCUT2D eigenvalue weighted by molar-refractivity contribution is 7.98. The van der Waals surface area contributed by atoms with E-state index in [0.29, 0.717) is 25.3 Å². The van der Waals surface area contributed by atoms with E-state index in [9.17, 15) is 18.5 Å². The summed E-state index contributed by atoms with van der Waals surface area (Å²) in [5.74, 6) is 0.